The fourth-order valence-electron chi connectivity index (χ4n) is 3.01. The van der Waals surface area contributed by atoms with Gasteiger partial charge in [-0.15, -0.1) is 0 Å². The fourth-order valence-corrected chi connectivity index (χ4v) is 3.01. The number of hydrogen-bond donors (Lipinski definition) is 1. The first-order valence-electron chi connectivity index (χ1n) is 7.43. The summed E-state index contributed by atoms with van der Waals surface area (Å²) in [5.41, 5.74) is 1.81. The van der Waals surface area contributed by atoms with Crippen molar-refractivity contribution < 1.29 is 0 Å². The van der Waals surface area contributed by atoms with E-state index in [2.05, 4.69) is 28.7 Å². The molecule has 102 valence electrons. The monoisotopic (exact) mass is 249 g/mol. The van der Waals surface area contributed by atoms with E-state index in [-0.39, 0.29) is 0 Å². The van der Waals surface area contributed by atoms with Crippen LogP contribution in [-0.4, -0.2) is 16.1 Å². The molecule has 18 heavy (non-hydrogen) atoms. The van der Waals surface area contributed by atoms with Crippen LogP contribution in [0, 0.1) is 5.41 Å². The van der Waals surface area contributed by atoms with Gasteiger partial charge in [0.25, 0.3) is 0 Å². The standard InChI is InChI=1S/C15H27N3/c1-3-9-16-10-14-11-17-13-18(14)12-15(2)7-5-4-6-8-15/h11,13,16H,3-10,12H2,1-2H3. The van der Waals surface area contributed by atoms with Gasteiger partial charge in [0.2, 0.25) is 0 Å². The normalized spacial score (nSPS) is 19.0. The Morgan fingerprint density at radius 1 is 1.33 bits per heavy atom. The second-order valence-electron chi connectivity index (χ2n) is 6.06. The number of nitrogens with one attached hydrogen (secondary N) is 1. The molecule has 0 radical (unpaired) electrons. The van der Waals surface area contributed by atoms with E-state index in [1.54, 1.807) is 0 Å². The van der Waals surface area contributed by atoms with Crippen LogP contribution in [0.3, 0.4) is 0 Å². The van der Waals surface area contributed by atoms with Crippen LogP contribution in [0.4, 0.5) is 0 Å². The molecule has 3 heteroatoms. The minimum absolute atomic E-state index is 0.485. The molecule has 1 fully saturated rings. The van der Waals surface area contributed by atoms with Gasteiger partial charge in [-0.05, 0) is 31.2 Å². The van der Waals surface area contributed by atoms with Crippen molar-refractivity contribution in [3.05, 3.63) is 18.2 Å². The minimum atomic E-state index is 0.485. The molecule has 1 aliphatic carbocycles. The largest absolute Gasteiger partial charge is 0.333 e. The van der Waals surface area contributed by atoms with Gasteiger partial charge in [-0.1, -0.05) is 33.1 Å². The lowest BCUT2D eigenvalue weighted by atomic mass is 9.75. The number of imidazole rings is 1. The maximum absolute atomic E-state index is 4.32. The highest BCUT2D eigenvalue weighted by Gasteiger charge is 2.27. The van der Waals surface area contributed by atoms with Gasteiger partial charge in [-0.3, -0.25) is 0 Å². The summed E-state index contributed by atoms with van der Waals surface area (Å²) >= 11 is 0. The van der Waals surface area contributed by atoms with E-state index >= 15 is 0 Å². The molecule has 1 N–H and O–H groups in total. The first-order chi connectivity index (χ1) is 8.73. The van der Waals surface area contributed by atoms with Crippen LogP contribution in [0.5, 0.6) is 0 Å². The van der Waals surface area contributed by atoms with E-state index in [0.717, 1.165) is 19.6 Å². The predicted octanol–water partition coefficient (Wildman–Crippen LogP) is 3.35. The van der Waals surface area contributed by atoms with Crippen molar-refractivity contribution in [2.75, 3.05) is 6.54 Å². The smallest absolute Gasteiger partial charge is 0.0948 e. The number of nitrogens with zero attached hydrogens (tertiary/aromatic N) is 2. The van der Waals surface area contributed by atoms with E-state index in [0.29, 0.717) is 5.41 Å². The maximum Gasteiger partial charge on any atom is 0.0948 e. The molecule has 1 aromatic rings. The zero-order chi connectivity index (χ0) is 12.8. The molecule has 0 atom stereocenters. The average Bonchev–Trinajstić information content (AvgIpc) is 2.77. The fraction of sp³-hybridized carbons (Fsp3) is 0.800. The average molecular weight is 249 g/mol. The van der Waals surface area contributed by atoms with Gasteiger partial charge in [-0.25, -0.2) is 4.98 Å². The second-order valence-corrected chi connectivity index (χ2v) is 6.06. The van der Waals surface area contributed by atoms with Gasteiger partial charge >= 0.3 is 0 Å². The molecule has 1 heterocycles. The Morgan fingerprint density at radius 2 is 2.11 bits per heavy atom. The SMILES string of the molecule is CCCNCc1cncn1CC1(C)CCCCC1. The minimum Gasteiger partial charge on any atom is -0.333 e. The first-order valence-corrected chi connectivity index (χ1v) is 7.43. The van der Waals surface area contributed by atoms with E-state index in [4.69, 9.17) is 0 Å². The van der Waals surface area contributed by atoms with Crippen molar-refractivity contribution in [3.8, 4) is 0 Å². The number of rotatable bonds is 6. The molecule has 1 saturated carbocycles. The zero-order valence-corrected chi connectivity index (χ0v) is 11.9. The molecule has 3 nitrogen and oxygen atoms in total. The van der Waals surface area contributed by atoms with Gasteiger partial charge in [0.1, 0.15) is 0 Å². The zero-order valence-electron chi connectivity index (χ0n) is 11.9. The van der Waals surface area contributed by atoms with Gasteiger partial charge in [0, 0.05) is 19.3 Å². The van der Waals surface area contributed by atoms with Crippen LogP contribution in [0.1, 0.15) is 58.1 Å². The highest BCUT2D eigenvalue weighted by atomic mass is 15.1. The van der Waals surface area contributed by atoms with Crippen LogP contribution in [0.2, 0.25) is 0 Å². The molecule has 2 rings (SSSR count). The van der Waals surface area contributed by atoms with Crippen LogP contribution in [-0.2, 0) is 13.1 Å². The van der Waals surface area contributed by atoms with E-state index in [9.17, 15) is 0 Å². The van der Waals surface area contributed by atoms with Crippen molar-refractivity contribution in [2.24, 2.45) is 5.41 Å². The highest BCUT2D eigenvalue weighted by Crippen LogP contribution is 2.37. The molecule has 0 bridgehead atoms. The Hall–Kier alpha value is -0.830. The number of hydrogen-bond acceptors (Lipinski definition) is 2. The van der Waals surface area contributed by atoms with E-state index in [1.165, 1.54) is 44.2 Å². The second kappa shape index (κ2) is 6.37. The Balaban J connectivity index is 1.93. The van der Waals surface area contributed by atoms with Crippen molar-refractivity contribution in [1.82, 2.24) is 14.9 Å². The Bertz CT molecular complexity index is 350. The molecule has 0 unspecified atom stereocenters. The maximum atomic E-state index is 4.32. The topological polar surface area (TPSA) is 29.9 Å². The van der Waals surface area contributed by atoms with Crippen molar-refractivity contribution in [2.45, 2.75) is 65.5 Å². The Kier molecular flexibility index (Phi) is 4.81. The van der Waals surface area contributed by atoms with Crippen molar-refractivity contribution >= 4 is 0 Å². The third kappa shape index (κ3) is 3.58. The molecule has 0 amide bonds. The van der Waals surface area contributed by atoms with Crippen LogP contribution >= 0.6 is 0 Å². The molecule has 0 aliphatic heterocycles. The van der Waals surface area contributed by atoms with Gasteiger partial charge in [0.15, 0.2) is 0 Å². The lowest BCUT2D eigenvalue weighted by molar-refractivity contribution is 0.181. The molecule has 1 aliphatic rings. The summed E-state index contributed by atoms with van der Waals surface area (Å²) < 4.78 is 2.36. The molecule has 0 aromatic carbocycles. The number of aromatic nitrogens is 2. The highest BCUT2D eigenvalue weighted by molar-refractivity contribution is 4.99. The molecule has 1 aromatic heterocycles. The van der Waals surface area contributed by atoms with E-state index in [1.807, 2.05) is 12.5 Å². The van der Waals surface area contributed by atoms with Gasteiger partial charge in [-0.2, -0.15) is 0 Å². The van der Waals surface area contributed by atoms with Crippen LogP contribution in [0.25, 0.3) is 0 Å². The van der Waals surface area contributed by atoms with Crippen molar-refractivity contribution in [1.29, 1.82) is 0 Å². The molecular weight excluding hydrogens is 222 g/mol. The summed E-state index contributed by atoms with van der Waals surface area (Å²) in [5.74, 6) is 0. The molecule has 0 saturated heterocycles. The molecule has 0 spiro atoms. The summed E-state index contributed by atoms with van der Waals surface area (Å²) in [4.78, 5) is 4.32. The molecular formula is C15H27N3. The lowest BCUT2D eigenvalue weighted by Crippen LogP contribution is -2.27. The summed E-state index contributed by atoms with van der Waals surface area (Å²) in [6, 6.07) is 0. The first kappa shape index (κ1) is 13.6. The van der Waals surface area contributed by atoms with Gasteiger partial charge < -0.3 is 9.88 Å². The van der Waals surface area contributed by atoms with Crippen LogP contribution < -0.4 is 5.32 Å². The summed E-state index contributed by atoms with van der Waals surface area (Å²) in [7, 11) is 0. The van der Waals surface area contributed by atoms with Crippen molar-refractivity contribution in [3.63, 3.8) is 0 Å². The summed E-state index contributed by atoms with van der Waals surface area (Å²) in [5, 5.41) is 3.47. The van der Waals surface area contributed by atoms with E-state index < -0.39 is 0 Å². The van der Waals surface area contributed by atoms with Crippen LogP contribution in [0.15, 0.2) is 12.5 Å². The third-order valence-corrected chi connectivity index (χ3v) is 4.14. The predicted molar refractivity (Wildman–Crippen MR) is 75.4 cm³/mol. The third-order valence-electron chi connectivity index (χ3n) is 4.14. The Morgan fingerprint density at radius 3 is 2.83 bits per heavy atom. The summed E-state index contributed by atoms with van der Waals surface area (Å²) in [6.45, 7) is 7.81. The quantitative estimate of drug-likeness (QED) is 0.784. The summed E-state index contributed by atoms with van der Waals surface area (Å²) in [6.07, 6.45) is 12.1. The lowest BCUT2D eigenvalue weighted by Gasteiger charge is -2.34. The Labute approximate surface area is 111 Å². The van der Waals surface area contributed by atoms with Gasteiger partial charge in [0.05, 0.1) is 12.0 Å².